The van der Waals surface area contributed by atoms with Crippen molar-refractivity contribution >= 4 is 64.1 Å². The van der Waals surface area contributed by atoms with Gasteiger partial charge in [-0.15, -0.1) is 0 Å². The molecule has 3 rings (SSSR count). The van der Waals surface area contributed by atoms with E-state index in [-0.39, 0.29) is 79.9 Å². The summed E-state index contributed by atoms with van der Waals surface area (Å²) in [5.74, 6) is 0. The molecule has 43 heavy (non-hydrogen) atoms. The summed E-state index contributed by atoms with van der Waals surface area (Å²) in [6, 6.07) is 10.0. The van der Waals surface area contributed by atoms with Crippen LogP contribution in [0.2, 0.25) is 15.1 Å². The van der Waals surface area contributed by atoms with Gasteiger partial charge < -0.3 is 34.6 Å². The monoisotopic (exact) mass is 760 g/mol. The Hall–Kier alpha value is -1.26. The van der Waals surface area contributed by atoms with E-state index in [2.05, 4.69) is 0 Å². The third-order valence-electron chi connectivity index (χ3n) is 4.83. The SMILES string of the molecule is CC(O)c1c(Cl)cccc1C(F)(F)F.O=Cc1c(Cl)cccc1C(F)(F)F.OCc1c(Cl)cccc1C(F)(F)F.[Br-].[CH3-].[Mg+2]. The fourth-order valence-corrected chi connectivity index (χ4v) is 3.88. The summed E-state index contributed by atoms with van der Waals surface area (Å²) < 4.78 is 111. The summed E-state index contributed by atoms with van der Waals surface area (Å²) in [7, 11) is 0. The third kappa shape index (κ3) is 13.7. The van der Waals surface area contributed by atoms with Gasteiger partial charge in [-0.2, -0.15) is 39.5 Å². The molecule has 0 fully saturated rings. The van der Waals surface area contributed by atoms with Crippen molar-refractivity contribution < 1.29 is 71.5 Å². The third-order valence-corrected chi connectivity index (χ3v) is 5.85. The molecule has 1 unspecified atom stereocenters. The van der Waals surface area contributed by atoms with Crippen molar-refractivity contribution in [1.82, 2.24) is 0 Å². The Morgan fingerprint density at radius 2 is 1.09 bits per heavy atom. The minimum atomic E-state index is -4.54. The van der Waals surface area contributed by atoms with Crippen LogP contribution in [-0.2, 0) is 25.1 Å². The number of aliphatic hydroxyl groups is 2. The standard InChI is InChI=1S/C9H8ClF3O.C8H6ClF3O.C8H4ClF3O.CH3.BrH.Mg/c1-5(14)8-6(9(11,12)13)3-2-4-7(8)10;2*9-7-3-1-2-6(5(7)4-13)8(10,11)12;;;/h2-5,14H,1H3;1-3,13H,4H2;1-4H;1H3;1H;/q;;;-1;;+2/p-1. The number of aldehydes is 1. The zero-order chi connectivity index (χ0) is 31.1. The molecule has 236 valence electrons. The van der Waals surface area contributed by atoms with Gasteiger partial charge in [0.25, 0.3) is 0 Å². The molecule has 3 aromatic rings. The Bertz CT molecular complexity index is 1300. The summed E-state index contributed by atoms with van der Waals surface area (Å²) >= 11 is 16.5. The van der Waals surface area contributed by atoms with Crippen molar-refractivity contribution in [3.63, 3.8) is 0 Å². The van der Waals surface area contributed by atoms with Crippen molar-refractivity contribution in [2.24, 2.45) is 0 Å². The minimum absolute atomic E-state index is 0. The number of carbonyl (C=O) groups is 1. The van der Waals surface area contributed by atoms with Crippen LogP contribution in [0.25, 0.3) is 0 Å². The average Bonchev–Trinajstić information content (AvgIpc) is 2.82. The van der Waals surface area contributed by atoms with Crippen LogP contribution in [0.4, 0.5) is 39.5 Å². The van der Waals surface area contributed by atoms with E-state index in [1.54, 1.807) is 0 Å². The van der Waals surface area contributed by atoms with Crippen molar-refractivity contribution in [3.8, 4) is 0 Å². The quantitative estimate of drug-likeness (QED) is 0.139. The topological polar surface area (TPSA) is 57.5 Å². The van der Waals surface area contributed by atoms with Crippen LogP contribution in [0.3, 0.4) is 0 Å². The maximum Gasteiger partial charge on any atom is 2.00 e. The number of hydrogen-bond acceptors (Lipinski definition) is 3. The molecule has 0 aliphatic heterocycles. The molecular formula is C26H21BrCl3F9MgO3. The molecule has 0 bridgehead atoms. The zero-order valence-corrected chi connectivity index (χ0v) is 27.2. The average molecular weight is 763 g/mol. The summed E-state index contributed by atoms with van der Waals surface area (Å²) in [6.45, 7) is 0.533. The van der Waals surface area contributed by atoms with Crippen LogP contribution in [0.1, 0.15) is 51.2 Å². The Morgan fingerprint density at radius 1 is 0.721 bits per heavy atom. The maximum absolute atomic E-state index is 12.4. The van der Waals surface area contributed by atoms with E-state index < -0.39 is 53.5 Å². The van der Waals surface area contributed by atoms with Crippen molar-refractivity contribution in [2.75, 3.05) is 0 Å². The van der Waals surface area contributed by atoms with Crippen LogP contribution in [0.15, 0.2) is 54.6 Å². The van der Waals surface area contributed by atoms with Crippen LogP contribution in [-0.4, -0.2) is 39.6 Å². The number of alkyl halides is 9. The van der Waals surface area contributed by atoms with Crippen LogP contribution in [0.5, 0.6) is 0 Å². The largest absolute Gasteiger partial charge is 2.00 e. The number of aliphatic hydroxyl groups excluding tert-OH is 2. The van der Waals surface area contributed by atoms with Gasteiger partial charge in [-0.25, -0.2) is 0 Å². The van der Waals surface area contributed by atoms with Crippen LogP contribution >= 0.6 is 34.8 Å². The molecule has 17 heteroatoms. The molecule has 1 atom stereocenters. The molecular weight excluding hydrogens is 742 g/mol. The van der Waals surface area contributed by atoms with E-state index in [1.807, 2.05) is 0 Å². The minimum Gasteiger partial charge on any atom is -1.00 e. The van der Waals surface area contributed by atoms with E-state index in [0.717, 1.165) is 24.3 Å². The normalized spacial score (nSPS) is 11.6. The van der Waals surface area contributed by atoms with E-state index in [1.165, 1.54) is 37.3 Å². The van der Waals surface area contributed by atoms with Gasteiger partial charge in [-0.3, -0.25) is 4.79 Å². The number of carbonyl (C=O) groups excluding carboxylic acids is 1. The van der Waals surface area contributed by atoms with E-state index in [9.17, 15) is 44.3 Å². The first-order chi connectivity index (χ1) is 18.3. The molecule has 0 amide bonds. The summed E-state index contributed by atoms with van der Waals surface area (Å²) in [5.41, 5.74) is -3.85. The first-order valence-corrected chi connectivity index (χ1v) is 11.7. The number of rotatable bonds is 3. The van der Waals surface area contributed by atoms with Gasteiger partial charge in [-0.1, -0.05) is 53.0 Å². The summed E-state index contributed by atoms with van der Waals surface area (Å²) in [4.78, 5) is 10.3. The second-order valence-corrected chi connectivity index (χ2v) is 8.83. The van der Waals surface area contributed by atoms with Gasteiger partial charge in [-0.05, 0) is 43.3 Å². The predicted molar refractivity (Wildman–Crippen MR) is 143 cm³/mol. The van der Waals surface area contributed by atoms with Crippen molar-refractivity contribution in [1.29, 1.82) is 0 Å². The molecule has 0 radical (unpaired) electrons. The van der Waals surface area contributed by atoms with Crippen LogP contribution in [0, 0.1) is 7.43 Å². The van der Waals surface area contributed by atoms with Gasteiger partial charge in [0.1, 0.15) is 0 Å². The van der Waals surface area contributed by atoms with Gasteiger partial charge in [0.05, 0.1) is 34.4 Å². The molecule has 0 spiro atoms. The molecule has 0 aromatic heterocycles. The number of benzene rings is 3. The van der Waals surface area contributed by atoms with Gasteiger partial charge >= 0.3 is 41.6 Å². The van der Waals surface area contributed by atoms with E-state index >= 15 is 0 Å². The Labute approximate surface area is 282 Å². The van der Waals surface area contributed by atoms with Crippen molar-refractivity contribution in [2.45, 2.75) is 38.2 Å². The van der Waals surface area contributed by atoms with E-state index in [4.69, 9.17) is 45.0 Å². The molecule has 3 aromatic carbocycles. The first kappa shape index (κ1) is 46.2. The second-order valence-electron chi connectivity index (χ2n) is 7.61. The number of halogens is 13. The van der Waals surface area contributed by atoms with Crippen LogP contribution < -0.4 is 17.0 Å². The predicted octanol–water partition coefficient (Wildman–Crippen LogP) is 6.51. The smallest absolute Gasteiger partial charge is 1.00 e. The van der Waals surface area contributed by atoms with Gasteiger partial charge in [0.2, 0.25) is 0 Å². The summed E-state index contributed by atoms with van der Waals surface area (Å²) in [6.07, 6.45) is -14.6. The maximum atomic E-state index is 12.4. The number of hydrogen-bond donors (Lipinski definition) is 2. The Kier molecular flexibility index (Phi) is 20.7. The molecule has 0 saturated carbocycles. The molecule has 0 heterocycles. The molecule has 0 aliphatic rings. The first-order valence-electron chi connectivity index (χ1n) is 10.6. The van der Waals surface area contributed by atoms with Crippen molar-refractivity contribution in [3.05, 3.63) is 110 Å². The molecule has 3 nitrogen and oxygen atoms in total. The van der Waals surface area contributed by atoms with Gasteiger partial charge in [0.15, 0.2) is 6.29 Å². The molecule has 0 aliphatic carbocycles. The second kappa shape index (κ2) is 19.3. The zero-order valence-electron chi connectivity index (χ0n) is 22.0. The molecule has 2 N–H and O–H groups in total. The van der Waals surface area contributed by atoms with Gasteiger partial charge in [0, 0.05) is 26.7 Å². The summed E-state index contributed by atoms with van der Waals surface area (Å²) in [5, 5.41) is 17.5. The Balaban J connectivity index is -0.000000540. The van der Waals surface area contributed by atoms with E-state index in [0.29, 0.717) is 0 Å². The fourth-order valence-electron chi connectivity index (χ4n) is 3.10. The molecule has 0 saturated heterocycles. The fraction of sp³-hybridized carbons (Fsp3) is 0.231. The Morgan fingerprint density at radius 3 is 1.40 bits per heavy atom.